The third-order valence-electron chi connectivity index (χ3n) is 5.49. The van der Waals surface area contributed by atoms with Gasteiger partial charge >= 0.3 is 0 Å². The van der Waals surface area contributed by atoms with E-state index in [4.69, 9.17) is 10.9 Å². The van der Waals surface area contributed by atoms with Crippen LogP contribution in [0.2, 0.25) is 0 Å². The van der Waals surface area contributed by atoms with Gasteiger partial charge in [-0.05, 0) is 72.9 Å². The van der Waals surface area contributed by atoms with Gasteiger partial charge in [0.1, 0.15) is 6.04 Å². The van der Waals surface area contributed by atoms with E-state index in [0.717, 1.165) is 11.1 Å². The lowest BCUT2D eigenvalue weighted by atomic mass is 10.1. The van der Waals surface area contributed by atoms with Crippen LogP contribution in [-0.4, -0.2) is 42.1 Å². The Bertz CT molecular complexity index is 1410. The Labute approximate surface area is 227 Å². The summed E-state index contributed by atoms with van der Waals surface area (Å²) in [6.45, 7) is 2.69. The van der Waals surface area contributed by atoms with Gasteiger partial charge in [0.15, 0.2) is 0 Å². The molecule has 0 saturated carbocycles. The number of hydrogen-bond donors (Lipinski definition) is 6. The van der Waals surface area contributed by atoms with Gasteiger partial charge in [-0.1, -0.05) is 41.7 Å². The van der Waals surface area contributed by atoms with Crippen LogP contribution in [0.4, 0.5) is 5.69 Å². The zero-order valence-electron chi connectivity index (χ0n) is 21.4. The first kappa shape index (κ1) is 28.6. The lowest BCUT2D eigenvalue weighted by molar-refractivity contribution is -0.130. The number of nitrogens with one attached hydrogen (secondary N) is 4. The molecule has 3 amide bonds. The molecule has 9 heteroatoms. The zero-order valence-corrected chi connectivity index (χ0v) is 21.4. The molecule has 0 radical (unpaired) electrons. The molecule has 198 valence electrons. The smallest absolute Gasteiger partial charge is 0.267 e. The molecule has 0 aliphatic heterocycles. The molecule has 0 aliphatic rings. The molecule has 0 aromatic heterocycles. The van der Waals surface area contributed by atoms with Crippen molar-refractivity contribution < 1.29 is 19.6 Å². The Morgan fingerprint density at radius 1 is 0.872 bits per heavy atom. The highest BCUT2D eigenvalue weighted by Crippen LogP contribution is 2.09. The molecule has 3 aromatic carbocycles. The molecule has 0 bridgehead atoms. The van der Waals surface area contributed by atoms with Crippen molar-refractivity contribution in [2.24, 2.45) is 5.73 Å². The first-order chi connectivity index (χ1) is 18.9. The molecule has 3 aromatic rings. The maximum absolute atomic E-state index is 12.2. The summed E-state index contributed by atoms with van der Waals surface area (Å²) in [5, 5.41) is 17.1. The quantitative estimate of drug-likeness (QED) is 0.143. The van der Waals surface area contributed by atoms with Gasteiger partial charge in [-0.15, -0.1) is 0 Å². The van der Waals surface area contributed by atoms with Crippen molar-refractivity contribution in [3.05, 3.63) is 101 Å². The fourth-order valence-electron chi connectivity index (χ4n) is 3.33. The van der Waals surface area contributed by atoms with Gasteiger partial charge in [0.25, 0.3) is 11.8 Å². The van der Waals surface area contributed by atoms with Gasteiger partial charge in [-0.2, -0.15) is 0 Å². The minimum absolute atomic E-state index is 0.134. The van der Waals surface area contributed by atoms with Crippen molar-refractivity contribution in [2.75, 3.05) is 18.4 Å². The number of benzene rings is 3. The van der Waals surface area contributed by atoms with Gasteiger partial charge in [0.2, 0.25) is 5.91 Å². The summed E-state index contributed by atoms with van der Waals surface area (Å²) in [4.78, 5) is 35.9. The normalized spacial score (nSPS) is 10.6. The van der Waals surface area contributed by atoms with E-state index in [1.807, 2.05) is 31.2 Å². The monoisotopic (exact) mass is 523 g/mol. The maximum atomic E-state index is 12.2. The number of amides is 3. The lowest BCUT2D eigenvalue weighted by Gasteiger charge is -2.14. The highest BCUT2D eigenvalue weighted by molar-refractivity contribution is 5.97. The summed E-state index contributed by atoms with van der Waals surface area (Å²) in [7, 11) is 0. The van der Waals surface area contributed by atoms with Crippen molar-refractivity contribution in [3.63, 3.8) is 0 Å². The topological polar surface area (TPSA) is 146 Å². The molecular formula is C30H29N5O4. The van der Waals surface area contributed by atoms with Crippen LogP contribution in [0.25, 0.3) is 0 Å². The second kappa shape index (κ2) is 14.7. The van der Waals surface area contributed by atoms with Crippen LogP contribution in [-0.2, 0) is 16.1 Å². The van der Waals surface area contributed by atoms with Crippen molar-refractivity contribution in [1.82, 2.24) is 16.1 Å². The summed E-state index contributed by atoms with van der Waals surface area (Å²) in [6.07, 6.45) is 0. The summed E-state index contributed by atoms with van der Waals surface area (Å²) >= 11 is 0. The van der Waals surface area contributed by atoms with Crippen molar-refractivity contribution in [2.45, 2.75) is 19.5 Å². The zero-order chi connectivity index (χ0) is 28.0. The summed E-state index contributed by atoms with van der Waals surface area (Å²) < 4.78 is 0. The van der Waals surface area contributed by atoms with Gasteiger partial charge in [0, 0.05) is 35.5 Å². The number of aryl methyl sites for hydroxylation is 1. The van der Waals surface area contributed by atoms with E-state index in [1.54, 1.807) is 48.5 Å². The van der Waals surface area contributed by atoms with Gasteiger partial charge in [-0.25, -0.2) is 5.48 Å². The summed E-state index contributed by atoms with van der Waals surface area (Å²) in [5.41, 5.74) is 11.6. The van der Waals surface area contributed by atoms with Crippen molar-refractivity contribution >= 4 is 23.4 Å². The fraction of sp³-hybridized carbons (Fsp3) is 0.167. The third kappa shape index (κ3) is 9.47. The first-order valence-corrected chi connectivity index (χ1v) is 12.1. The molecule has 9 nitrogen and oxygen atoms in total. The molecular weight excluding hydrogens is 494 g/mol. The van der Waals surface area contributed by atoms with Crippen LogP contribution in [0.15, 0.2) is 72.8 Å². The number of carbonyl (C=O) groups is 3. The van der Waals surface area contributed by atoms with E-state index in [0.29, 0.717) is 23.4 Å². The Hall–Kier alpha value is -4.93. The minimum Gasteiger partial charge on any atom is -0.339 e. The van der Waals surface area contributed by atoms with Crippen LogP contribution in [0.5, 0.6) is 0 Å². The average Bonchev–Trinajstić information content (AvgIpc) is 2.95. The summed E-state index contributed by atoms with van der Waals surface area (Å²) in [5.74, 6) is 9.94. The second-order valence-corrected chi connectivity index (χ2v) is 8.53. The Morgan fingerprint density at radius 2 is 1.46 bits per heavy atom. The standard InChI is InChI=1S/C30H29N5O4/c1-21-6-8-24(9-7-21)19-32-20-28(36)33-26-16-12-23(13-17-26)5-3-2-4-22-10-14-25(15-11-22)29(37)34-27(18-31)30(38)35-39/h6-17,27,32,39H,18-20,31H2,1H3,(H,33,36)(H,34,37)(H,35,38)/t27-/m0/s1. The highest BCUT2D eigenvalue weighted by Gasteiger charge is 2.19. The summed E-state index contributed by atoms with van der Waals surface area (Å²) in [6, 6.07) is 20.7. The Kier molecular flexibility index (Phi) is 10.8. The predicted octanol–water partition coefficient (Wildman–Crippen LogP) is 1.69. The van der Waals surface area contributed by atoms with Crippen LogP contribution < -0.4 is 27.2 Å². The molecule has 0 fully saturated rings. The second-order valence-electron chi connectivity index (χ2n) is 8.53. The number of rotatable bonds is 9. The van der Waals surface area contributed by atoms with E-state index in [-0.39, 0.29) is 19.0 Å². The molecule has 0 spiro atoms. The molecule has 0 saturated heterocycles. The number of nitrogens with two attached hydrogens (primary N) is 1. The SMILES string of the molecule is Cc1ccc(CNCC(=O)Nc2ccc(C#CC#Cc3ccc(C(=O)N[C@@H](CN)C(=O)NO)cc3)cc2)cc1. The molecule has 0 heterocycles. The number of anilines is 1. The molecule has 0 aliphatic carbocycles. The van der Waals surface area contributed by atoms with Crippen LogP contribution in [0, 0.1) is 30.6 Å². The van der Waals surface area contributed by atoms with Crippen LogP contribution >= 0.6 is 0 Å². The van der Waals surface area contributed by atoms with E-state index in [2.05, 4.69) is 39.6 Å². The van der Waals surface area contributed by atoms with Crippen LogP contribution in [0.3, 0.4) is 0 Å². The van der Waals surface area contributed by atoms with E-state index in [1.165, 1.54) is 11.0 Å². The predicted molar refractivity (Wildman–Crippen MR) is 148 cm³/mol. The average molecular weight is 524 g/mol. The minimum atomic E-state index is -1.05. The van der Waals surface area contributed by atoms with Crippen molar-refractivity contribution in [3.8, 4) is 23.7 Å². The number of carbonyl (C=O) groups excluding carboxylic acids is 3. The van der Waals surface area contributed by atoms with Crippen LogP contribution in [0.1, 0.15) is 32.6 Å². The molecule has 1 atom stereocenters. The number of hydrogen-bond acceptors (Lipinski definition) is 6. The van der Waals surface area contributed by atoms with Gasteiger partial charge in [-0.3, -0.25) is 19.6 Å². The largest absolute Gasteiger partial charge is 0.339 e. The third-order valence-corrected chi connectivity index (χ3v) is 5.49. The Balaban J connectivity index is 1.46. The highest BCUT2D eigenvalue weighted by atomic mass is 16.5. The number of hydroxylamine groups is 1. The van der Waals surface area contributed by atoms with Gasteiger partial charge < -0.3 is 21.7 Å². The molecule has 39 heavy (non-hydrogen) atoms. The molecule has 0 unspecified atom stereocenters. The molecule has 7 N–H and O–H groups in total. The van der Waals surface area contributed by atoms with Gasteiger partial charge in [0.05, 0.1) is 6.54 Å². The van der Waals surface area contributed by atoms with Crippen molar-refractivity contribution in [1.29, 1.82) is 0 Å². The molecule has 3 rings (SSSR count). The van der Waals surface area contributed by atoms with E-state index < -0.39 is 17.9 Å². The van der Waals surface area contributed by atoms with E-state index >= 15 is 0 Å². The first-order valence-electron chi connectivity index (χ1n) is 12.1. The van der Waals surface area contributed by atoms with E-state index in [9.17, 15) is 14.4 Å². The lowest BCUT2D eigenvalue weighted by Crippen LogP contribution is -2.50. The maximum Gasteiger partial charge on any atom is 0.267 e. The fourth-order valence-corrected chi connectivity index (χ4v) is 3.33. The Morgan fingerprint density at radius 3 is 2.03 bits per heavy atom.